The molecule has 0 spiro atoms. The van der Waals surface area contributed by atoms with Crippen molar-refractivity contribution in [3.8, 4) is 0 Å². The molecule has 1 aromatic carbocycles. The summed E-state index contributed by atoms with van der Waals surface area (Å²) in [4.78, 5) is 2.67. The van der Waals surface area contributed by atoms with E-state index in [1.807, 2.05) is 19.0 Å². The largest absolute Gasteiger partial charge is 0.392 e. The van der Waals surface area contributed by atoms with E-state index in [9.17, 15) is 9.50 Å². The van der Waals surface area contributed by atoms with Gasteiger partial charge in [0.05, 0.1) is 6.61 Å². The first-order valence-corrected chi connectivity index (χ1v) is 6.81. The summed E-state index contributed by atoms with van der Waals surface area (Å²) < 4.78 is 13.8. The van der Waals surface area contributed by atoms with Crippen LogP contribution in [0.25, 0.3) is 0 Å². The highest BCUT2D eigenvalue weighted by Gasteiger charge is 2.10. The molecular formula is C11H12FN3OS2. The Labute approximate surface area is 112 Å². The molecule has 0 radical (unpaired) electrons. The Kier molecular flexibility index (Phi) is 4.15. The highest BCUT2D eigenvalue weighted by molar-refractivity contribution is 8.01. The van der Waals surface area contributed by atoms with E-state index < -0.39 is 0 Å². The first-order valence-electron chi connectivity index (χ1n) is 5.18. The number of aliphatic hydroxyl groups is 1. The highest BCUT2D eigenvalue weighted by Crippen LogP contribution is 2.34. The lowest BCUT2D eigenvalue weighted by atomic mass is 10.2. The summed E-state index contributed by atoms with van der Waals surface area (Å²) in [6.45, 7) is -0.195. The predicted molar refractivity (Wildman–Crippen MR) is 70.7 cm³/mol. The lowest BCUT2D eigenvalue weighted by Crippen LogP contribution is -2.07. The first kappa shape index (κ1) is 13.3. The van der Waals surface area contributed by atoms with Gasteiger partial charge in [-0.15, -0.1) is 10.2 Å². The van der Waals surface area contributed by atoms with Crippen molar-refractivity contribution in [3.05, 3.63) is 29.6 Å². The number of aromatic nitrogens is 2. The van der Waals surface area contributed by atoms with Gasteiger partial charge in [-0.3, -0.25) is 0 Å². The van der Waals surface area contributed by atoms with Crippen molar-refractivity contribution < 1.29 is 9.50 Å². The fraction of sp³-hybridized carbons (Fsp3) is 0.273. The van der Waals surface area contributed by atoms with E-state index in [1.165, 1.54) is 35.2 Å². The molecule has 0 aliphatic rings. The molecule has 0 amide bonds. The van der Waals surface area contributed by atoms with E-state index in [0.29, 0.717) is 5.56 Å². The molecule has 2 rings (SSSR count). The van der Waals surface area contributed by atoms with Crippen LogP contribution in [0.2, 0.25) is 0 Å². The number of hydrogen-bond donors (Lipinski definition) is 1. The Morgan fingerprint density at radius 3 is 2.78 bits per heavy atom. The fourth-order valence-corrected chi connectivity index (χ4v) is 3.11. The van der Waals surface area contributed by atoms with Gasteiger partial charge in [-0.2, -0.15) is 0 Å². The second kappa shape index (κ2) is 5.64. The van der Waals surface area contributed by atoms with Gasteiger partial charge < -0.3 is 10.0 Å². The minimum absolute atomic E-state index is 0.195. The van der Waals surface area contributed by atoms with Gasteiger partial charge in [0, 0.05) is 19.0 Å². The maximum Gasteiger partial charge on any atom is 0.208 e. The van der Waals surface area contributed by atoms with Crippen molar-refractivity contribution in [3.63, 3.8) is 0 Å². The minimum Gasteiger partial charge on any atom is -0.392 e. The van der Waals surface area contributed by atoms with Gasteiger partial charge in [-0.05, 0) is 23.8 Å². The SMILES string of the molecule is CN(C)c1nnc(Sc2ccc(F)cc2CO)s1. The molecule has 18 heavy (non-hydrogen) atoms. The Morgan fingerprint density at radius 1 is 1.39 bits per heavy atom. The molecule has 0 saturated heterocycles. The minimum atomic E-state index is -0.352. The predicted octanol–water partition coefficient (Wildman–Crippen LogP) is 2.39. The third-order valence-corrected chi connectivity index (χ3v) is 4.43. The molecule has 0 atom stereocenters. The van der Waals surface area contributed by atoms with Crippen LogP contribution in [0.5, 0.6) is 0 Å². The zero-order valence-electron chi connectivity index (χ0n) is 9.92. The second-order valence-electron chi connectivity index (χ2n) is 3.76. The molecule has 0 aliphatic heterocycles. The molecule has 0 bridgehead atoms. The maximum atomic E-state index is 13.0. The molecule has 1 heterocycles. The molecule has 0 saturated carbocycles. The van der Waals surface area contributed by atoms with Crippen molar-refractivity contribution in [1.29, 1.82) is 0 Å². The maximum absolute atomic E-state index is 13.0. The summed E-state index contributed by atoms with van der Waals surface area (Å²) in [5.74, 6) is -0.352. The van der Waals surface area contributed by atoms with Gasteiger partial charge in [-0.25, -0.2) is 4.39 Å². The van der Waals surface area contributed by atoms with E-state index in [4.69, 9.17) is 0 Å². The van der Waals surface area contributed by atoms with E-state index in [-0.39, 0.29) is 12.4 Å². The average molecular weight is 285 g/mol. The van der Waals surface area contributed by atoms with Crippen molar-refractivity contribution >= 4 is 28.2 Å². The van der Waals surface area contributed by atoms with Crippen LogP contribution in [-0.4, -0.2) is 29.4 Å². The summed E-state index contributed by atoms with van der Waals surface area (Å²) in [7, 11) is 3.79. The van der Waals surface area contributed by atoms with Crippen molar-refractivity contribution in [2.24, 2.45) is 0 Å². The van der Waals surface area contributed by atoms with Crippen molar-refractivity contribution in [1.82, 2.24) is 10.2 Å². The number of nitrogens with zero attached hydrogens (tertiary/aromatic N) is 3. The molecular weight excluding hydrogens is 273 g/mol. The Morgan fingerprint density at radius 2 is 2.17 bits per heavy atom. The summed E-state index contributed by atoms with van der Waals surface area (Å²) >= 11 is 2.83. The Balaban J connectivity index is 2.22. The molecule has 7 heteroatoms. The fourth-order valence-electron chi connectivity index (χ4n) is 1.29. The molecule has 4 nitrogen and oxygen atoms in total. The normalized spacial score (nSPS) is 10.7. The van der Waals surface area contributed by atoms with Crippen molar-refractivity contribution in [2.75, 3.05) is 19.0 Å². The van der Waals surface area contributed by atoms with Crippen molar-refractivity contribution in [2.45, 2.75) is 15.8 Å². The lowest BCUT2D eigenvalue weighted by Gasteiger charge is -2.05. The first-order chi connectivity index (χ1) is 8.60. The third-order valence-electron chi connectivity index (χ3n) is 2.17. The van der Waals surface area contributed by atoms with E-state index in [1.54, 1.807) is 6.07 Å². The van der Waals surface area contributed by atoms with Gasteiger partial charge in [0.1, 0.15) is 5.82 Å². The van der Waals surface area contributed by atoms with Crippen LogP contribution < -0.4 is 4.90 Å². The molecule has 1 aromatic heterocycles. The molecule has 96 valence electrons. The van der Waals surface area contributed by atoms with Crippen LogP contribution in [0.3, 0.4) is 0 Å². The van der Waals surface area contributed by atoms with Gasteiger partial charge in [-0.1, -0.05) is 23.1 Å². The van der Waals surface area contributed by atoms with Gasteiger partial charge >= 0.3 is 0 Å². The molecule has 0 aliphatic carbocycles. The number of halogens is 1. The molecule has 1 N–H and O–H groups in total. The molecule has 0 unspecified atom stereocenters. The van der Waals surface area contributed by atoms with Crippen LogP contribution in [0.1, 0.15) is 5.56 Å². The summed E-state index contributed by atoms with van der Waals surface area (Å²) in [5, 5.41) is 18.1. The van der Waals surface area contributed by atoms with Gasteiger partial charge in [0.2, 0.25) is 5.13 Å². The number of anilines is 1. The van der Waals surface area contributed by atoms with Crippen LogP contribution in [0.15, 0.2) is 27.4 Å². The summed E-state index contributed by atoms with van der Waals surface area (Å²) in [5.41, 5.74) is 0.557. The standard InChI is InChI=1S/C11H12FN3OS2/c1-15(2)10-13-14-11(18-10)17-9-4-3-8(12)5-7(9)6-16/h3-5,16H,6H2,1-2H3. The number of hydrogen-bond acceptors (Lipinski definition) is 6. The quantitative estimate of drug-likeness (QED) is 0.934. The Hall–Kier alpha value is -1.18. The monoisotopic (exact) mass is 285 g/mol. The van der Waals surface area contributed by atoms with Gasteiger partial charge in [0.15, 0.2) is 4.34 Å². The second-order valence-corrected chi connectivity index (χ2v) is 6.00. The zero-order valence-corrected chi connectivity index (χ0v) is 11.6. The number of rotatable bonds is 4. The highest BCUT2D eigenvalue weighted by atomic mass is 32.2. The number of aliphatic hydroxyl groups excluding tert-OH is 1. The van der Waals surface area contributed by atoms with Gasteiger partial charge in [0.25, 0.3) is 0 Å². The Bertz CT molecular complexity index is 545. The van der Waals surface area contributed by atoms with Crippen LogP contribution >= 0.6 is 23.1 Å². The van der Waals surface area contributed by atoms with Crippen LogP contribution in [0, 0.1) is 5.82 Å². The van der Waals surface area contributed by atoms with Crippen LogP contribution in [0.4, 0.5) is 9.52 Å². The zero-order chi connectivity index (χ0) is 13.1. The summed E-state index contributed by atoms with van der Waals surface area (Å²) in [6.07, 6.45) is 0. The molecule has 0 fully saturated rings. The van der Waals surface area contributed by atoms with E-state index >= 15 is 0 Å². The summed E-state index contributed by atoms with van der Waals surface area (Å²) in [6, 6.07) is 4.34. The topological polar surface area (TPSA) is 49.2 Å². The molecule has 2 aromatic rings. The third kappa shape index (κ3) is 2.98. The van der Waals surface area contributed by atoms with E-state index in [2.05, 4.69) is 10.2 Å². The lowest BCUT2D eigenvalue weighted by molar-refractivity contribution is 0.278. The number of benzene rings is 1. The van der Waals surface area contributed by atoms with E-state index in [0.717, 1.165) is 14.4 Å². The average Bonchev–Trinajstić information content (AvgIpc) is 2.80. The van der Waals surface area contributed by atoms with Crippen LogP contribution in [-0.2, 0) is 6.61 Å². The smallest absolute Gasteiger partial charge is 0.208 e.